The molecule has 0 bridgehead atoms. The van der Waals surface area contributed by atoms with Gasteiger partial charge in [0.05, 0.1) is 12.0 Å². The van der Waals surface area contributed by atoms with Crippen molar-refractivity contribution in [3.05, 3.63) is 71.8 Å². The van der Waals surface area contributed by atoms with E-state index in [1.165, 1.54) is 17.8 Å². The van der Waals surface area contributed by atoms with Gasteiger partial charge in [-0.2, -0.15) is 0 Å². The summed E-state index contributed by atoms with van der Waals surface area (Å²) in [6, 6.07) is 16.1. The van der Waals surface area contributed by atoms with E-state index in [-0.39, 0.29) is 23.6 Å². The molecule has 2 aromatic carbocycles. The highest BCUT2D eigenvalue weighted by Crippen LogP contribution is 2.15. The normalized spacial score (nSPS) is 11.7. The first-order valence-corrected chi connectivity index (χ1v) is 10.9. The van der Waals surface area contributed by atoms with Crippen molar-refractivity contribution in [1.29, 1.82) is 0 Å². The fourth-order valence-electron chi connectivity index (χ4n) is 2.59. The van der Waals surface area contributed by atoms with Crippen LogP contribution in [0.1, 0.15) is 35.7 Å². The maximum Gasteiger partial charge on any atom is 0.330 e. The molecule has 0 spiro atoms. The predicted octanol–water partition coefficient (Wildman–Crippen LogP) is 4.10. The van der Waals surface area contributed by atoms with Crippen molar-refractivity contribution in [2.24, 2.45) is 0 Å². The number of amides is 2. The number of carbonyl (C=O) groups excluding carboxylic acids is 3. The van der Waals surface area contributed by atoms with E-state index in [2.05, 4.69) is 10.6 Å². The van der Waals surface area contributed by atoms with Gasteiger partial charge in [0.25, 0.3) is 5.91 Å². The Morgan fingerprint density at radius 2 is 1.77 bits per heavy atom. The van der Waals surface area contributed by atoms with E-state index in [1.54, 1.807) is 49.4 Å². The molecule has 0 saturated carbocycles. The standard InChI is InChI=1S/C23H26N2O4S/c1-3-29-22(27)16-11-17-9-12-19(13-10-17)24-20(26)14-15-21(30-2)25-23(28)18-7-5-4-6-8-18/h4-13,16,21H,3,14-15H2,1-2H3,(H,24,26)(H,25,28). The van der Waals surface area contributed by atoms with Crippen molar-refractivity contribution < 1.29 is 19.1 Å². The maximum absolute atomic E-state index is 12.3. The highest BCUT2D eigenvalue weighted by molar-refractivity contribution is 7.99. The third-order valence-corrected chi connectivity index (χ3v) is 5.06. The molecule has 2 amide bonds. The van der Waals surface area contributed by atoms with Gasteiger partial charge >= 0.3 is 5.97 Å². The number of hydrogen-bond acceptors (Lipinski definition) is 5. The van der Waals surface area contributed by atoms with Crippen LogP contribution < -0.4 is 10.6 Å². The fraction of sp³-hybridized carbons (Fsp3) is 0.261. The van der Waals surface area contributed by atoms with Gasteiger partial charge in [0.15, 0.2) is 0 Å². The molecule has 2 N–H and O–H groups in total. The summed E-state index contributed by atoms with van der Waals surface area (Å²) in [5, 5.41) is 5.63. The van der Waals surface area contributed by atoms with Crippen LogP contribution in [0.4, 0.5) is 5.69 Å². The maximum atomic E-state index is 12.3. The number of rotatable bonds is 10. The summed E-state index contributed by atoms with van der Waals surface area (Å²) in [6.07, 6.45) is 5.72. The molecular weight excluding hydrogens is 400 g/mol. The van der Waals surface area contributed by atoms with Gasteiger partial charge in [-0.3, -0.25) is 9.59 Å². The van der Waals surface area contributed by atoms with Gasteiger partial charge < -0.3 is 15.4 Å². The van der Waals surface area contributed by atoms with E-state index < -0.39 is 5.97 Å². The second-order valence-electron chi connectivity index (χ2n) is 6.36. The number of ether oxygens (including phenoxy) is 1. The molecule has 30 heavy (non-hydrogen) atoms. The second-order valence-corrected chi connectivity index (χ2v) is 7.40. The summed E-state index contributed by atoms with van der Waals surface area (Å²) in [5.74, 6) is -0.669. The van der Waals surface area contributed by atoms with Crippen LogP contribution in [0.3, 0.4) is 0 Å². The first-order chi connectivity index (χ1) is 14.5. The first kappa shape index (κ1) is 23.2. The highest BCUT2D eigenvalue weighted by Gasteiger charge is 2.14. The molecule has 0 heterocycles. The van der Waals surface area contributed by atoms with Crippen LogP contribution in [0.25, 0.3) is 6.08 Å². The Bertz CT molecular complexity index is 867. The molecule has 0 radical (unpaired) electrons. The van der Waals surface area contributed by atoms with Crippen LogP contribution in [0.2, 0.25) is 0 Å². The van der Waals surface area contributed by atoms with Gasteiger partial charge in [0, 0.05) is 23.7 Å². The first-order valence-electron chi connectivity index (χ1n) is 9.65. The van der Waals surface area contributed by atoms with Crippen LogP contribution in [0.5, 0.6) is 0 Å². The second kappa shape index (κ2) is 12.5. The monoisotopic (exact) mass is 426 g/mol. The molecule has 0 aliphatic heterocycles. The molecule has 7 heteroatoms. The molecule has 2 aromatic rings. The molecule has 1 atom stereocenters. The number of thioether (sulfide) groups is 1. The zero-order valence-electron chi connectivity index (χ0n) is 17.1. The Kier molecular flexibility index (Phi) is 9.67. The summed E-state index contributed by atoms with van der Waals surface area (Å²) < 4.78 is 4.83. The average molecular weight is 427 g/mol. The molecule has 6 nitrogen and oxygen atoms in total. The van der Waals surface area contributed by atoms with E-state index in [0.29, 0.717) is 24.3 Å². The zero-order chi connectivity index (χ0) is 21.8. The van der Waals surface area contributed by atoms with Crippen molar-refractivity contribution in [2.45, 2.75) is 25.1 Å². The van der Waals surface area contributed by atoms with Gasteiger partial charge in [-0.15, -0.1) is 11.8 Å². The topological polar surface area (TPSA) is 84.5 Å². The summed E-state index contributed by atoms with van der Waals surface area (Å²) in [7, 11) is 0. The summed E-state index contributed by atoms with van der Waals surface area (Å²) in [5.41, 5.74) is 2.09. The van der Waals surface area contributed by atoms with Crippen molar-refractivity contribution in [2.75, 3.05) is 18.2 Å². The van der Waals surface area contributed by atoms with Crippen molar-refractivity contribution in [3.8, 4) is 0 Å². The average Bonchev–Trinajstić information content (AvgIpc) is 2.76. The van der Waals surface area contributed by atoms with Crippen LogP contribution in [-0.2, 0) is 14.3 Å². The number of benzene rings is 2. The predicted molar refractivity (Wildman–Crippen MR) is 121 cm³/mol. The molecule has 0 aliphatic carbocycles. The lowest BCUT2D eigenvalue weighted by atomic mass is 10.2. The van der Waals surface area contributed by atoms with E-state index in [0.717, 1.165) is 5.56 Å². The third-order valence-electron chi connectivity index (χ3n) is 4.14. The van der Waals surface area contributed by atoms with Crippen molar-refractivity contribution in [3.63, 3.8) is 0 Å². The minimum absolute atomic E-state index is 0.127. The van der Waals surface area contributed by atoms with Gasteiger partial charge in [-0.25, -0.2) is 4.79 Å². The Balaban J connectivity index is 1.80. The van der Waals surface area contributed by atoms with E-state index in [1.807, 2.05) is 24.5 Å². The number of nitrogens with one attached hydrogen (secondary N) is 2. The van der Waals surface area contributed by atoms with Crippen LogP contribution in [0, 0.1) is 0 Å². The number of carbonyl (C=O) groups is 3. The summed E-state index contributed by atoms with van der Waals surface area (Å²) in [4.78, 5) is 35.8. The molecule has 0 saturated heterocycles. The van der Waals surface area contributed by atoms with E-state index >= 15 is 0 Å². The molecule has 1 unspecified atom stereocenters. The lowest BCUT2D eigenvalue weighted by Gasteiger charge is -2.16. The Hall–Kier alpha value is -3.06. The van der Waals surface area contributed by atoms with Crippen molar-refractivity contribution >= 4 is 41.3 Å². The molecule has 0 aromatic heterocycles. The fourth-order valence-corrected chi connectivity index (χ4v) is 3.16. The number of esters is 1. The molecule has 2 rings (SSSR count). The quantitative estimate of drug-likeness (QED) is 0.339. The van der Waals surface area contributed by atoms with Gasteiger partial charge in [-0.05, 0) is 55.5 Å². The lowest BCUT2D eigenvalue weighted by Crippen LogP contribution is -2.33. The largest absolute Gasteiger partial charge is 0.463 e. The van der Waals surface area contributed by atoms with Crippen molar-refractivity contribution in [1.82, 2.24) is 5.32 Å². The number of hydrogen-bond donors (Lipinski definition) is 2. The van der Waals surface area contributed by atoms with E-state index in [9.17, 15) is 14.4 Å². The molecule has 158 valence electrons. The van der Waals surface area contributed by atoms with Gasteiger partial charge in [0.1, 0.15) is 0 Å². The Morgan fingerprint density at radius 1 is 1.07 bits per heavy atom. The van der Waals surface area contributed by atoms with Crippen LogP contribution in [0.15, 0.2) is 60.7 Å². The highest BCUT2D eigenvalue weighted by atomic mass is 32.2. The van der Waals surface area contributed by atoms with Crippen LogP contribution in [-0.4, -0.2) is 36.0 Å². The summed E-state index contributed by atoms with van der Waals surface area (Å²) in [6.45, 7) is 2.09. The minimum atomic E-state index is -0.391. The third kappa shape index (κ3) is 8.13. The molecule has 0 aliphatic rings. The zero-order valence-corrected chi connectivity index (χ0v) is 17.9. The number of anilines is 1. The lowest BCUT2D eigenvalue weighted by molar-refractivity contribution is -0.137. The minimum Gasteiger partial charge on any atom is -0.463 e. The SMILES string of the molecule is CCOC(=O)C=Cc1ccc(NC(=O)CCC(NC(=O)c2ccccc2)SC)cc1. The van der Waals surface area contributed by atoms with Gasteiger partial charge in [0.2, 0.25) is 5.91 Å². The summed E-state index contributed by atoms with van der Waals surface area (Å²) >= 11 is 1.50. The Morgan fingerprint density at radius 3 is 2.40 bits per heavy atom. The van der Waals surface area contributed by atoms with Crippen LogP contribution >= 0.6 is 11.8 Å². The Labute approximate surface area is 181 Å². The van der Waals surface area contributed by atoms with Gasteiger partial charge in [-0.1, -0.05) is 30.3 Å². The smallest absolute Gasteiger partial charge is 0.330 e. The van der Waals surface area contributed by atoms with E-state index in [4.69, 9.17) is 4.74 Å². The molecular formula is C23H26N2O4S. The molecule has 0 fully saturated rings.